The van der Waals surface area contributed by atoms with Crippen molar-refractivity contribution in [2.24, 2.45) is 10.7 Å². The summed E-state index contributed by atoms with van der Waals surface area (Å²) in [6.07, 6.45) is 0.989. The third kappa shape index (κ3) is 3.60. The number of aliphatic hydroxyl groups is 1. The molecule has 0 aliphatic rings. The van der Waals surface area contributed by atoms with Crippen molar-refractivity contribution in [1.82, 2.24) is 0 Å². The molecule has 1 aromatic carbocycles. The van der Waals surface area contributed by atoms with Crippen LogP contribution in [0.15, 0.2) is 40.9 Å². The average Bonchev–Trinajstić information content (AvgIpc) is 2.41. The van der Waals surface area contributed by atoms with Gasteiger partial charge in [-0.3, -0.25) is 0 Å². The molecule has 20 heavy (non-hydrogen) atoms. The van der Waals surface area contributed by atoms with E-state index in [1.165, 1.54) is 12.1 Å². The molecule has 0 unspecified atom stereocenters. The van der Waals surface area contributed by atoms with Gasteiger partial charge in [0, 0.05) is 11.1 Å². The van der Waals surface area contributed by atoms with Crippen LogP contribution in [-0.2, 0) is 4.79 Å². The maximum absolute atomic E-state index is 11.0. The molecule has 0 atom stereocenters. The van der Waals surface area contributed by atoms with Crippen molar-refractivity contribution in [2.45, 2.75) is 0 Å². The van der Waals surface area contributed by atoms with Gasteiger partial charge in [-0.1, -0.05) is 35.8 Å². The van der Waals surface area contributed by atoms with Crippen LogP contribution in [0.3, 0.4) is 0 Å². The smallest absolute Gasteiger partial charge is 0.335 e. The highest BCUT2D eigenvalue weighted by Crippen LogP contribution is 2.29. The molecule has 4 N–H and O–H groups in total. The first-order chi connectivity index (χ1) is 9.42. The van der Waals surface area contributed by atoms with Crippen molar-refractivity contribution >= 4 is 41.2 Å². The number of aliphatic carboxylic acids is 1. The first-order valence-corrected chi connectivity index (χ1v) is 6.14. The van der Waals surface area contributed by atoms with E-state index < -0.39 is 12.6 Å². The van der Waals surface area contributed by atoms with Crippen LogP contribution in [0.2, 0.25) is 10.0 Å². The predicted molar refractivity (Wildman–Crippen MR) is 79.9 cm³/mol. The standard InChI is InChI=1S/C13H12Cl2N2O3/c1-7(13(19)20)9(5-18)12(17-6-16)8-2-3-10(14)11(15)4-8/h2-4,6,18H,1,5H2,(H2,16,17)(H,19,20)/b12-9-. The van der Waals surface area contributed by atoms with E-state index in [0.717, 1.165) is 6.34 Å². The molecule has 0 aliphatic heterocycles. The Morgan fingerprint density at radius 3 is 2.50 bits per heavy atom. The van der Waals surface area contributed by atoms with Crippen molar-refractivity contribution in [3.05, 3.63) is 51.5 Å². The molecule has 0 spiro atoms. The van der Waals surface area contributed by atoms with Gasteiger partial charge in [0.25, 0.3) is 0 Å². The molecule has 1 aromatic rings. The number of hydrogen-bond donors (Lipinski definition) is 3. The van der Waals surface area contributed by atoms with Crippen LogP contribution in [-0.4, -0.2) is 29.1 Å². The molecule has 5 nitrogen and oxygen atoms in total. The Hall–Kier alpha value is -1.82. The van der Waals surface area contributed by atoms with E-state index in [-0.39, 0.29) is 21.9 Å². The van der Waals surface area contributed by atoms with Gasteiger partial charge in [0.2, 0.25) is 0 Å². The number of nitrogens with zero attached hydrogens (tertiary/aromatic N) is 1. The van der Waals surface area contributed by atoms with Crippen LogP contribution in [0.25, 0.3) is 5.70 Å². The summed E-state index contributed by atoms with van der Waals surface area (Å²) >= 11 is 11.7. The van der Waals surface area contributed by atoms with Gasteiger partial charge in [0.15, 0.2) is 0 Å². The van der Waals surface area contributed by atoms with Crippen LogP contribution in [0.5, 0.6) is 0 Å². The zero-order chi connectivity index (χ0) is 15.3. The highest BCUT2D eigenvalue weighted by Gasteiger charge is 2.17. The monoisotopic (exact) mass is 314 g/mol. The van der Waals surface area contributed by atoms with E-state index in [1.54, 1.807) is 6.07 Å². The fourth-order valence-corrected chi connectivity index (χ4v) is 1.79. The molecular formula is C13H12Cl2N2O3. The minimum absolute atomic E-state index is 0.0394. The second-order valence-corrected chi connectivity index (χ2v) is 4.49. The molecule has 0 aliphatic carbocycles. The molecule has 0 bridgehead atoms. The second-order valence-electron chi connectivity index (χ2n) is 3.68. The summed E-state index contributed by atoms with van der Waals surface area (Å²) in [5.74, 6) is -1.26. The number of aliphatic hydroxyl groups excluding tert-OH is 1. The number of benzene rings is 1. The van der Waals surface area contributed by atoms with Gasteiger partial charge in [-0.25, -0.2) is 9.79 Å². The Morgan fingerprint density at radius 2 is 2.05 bits per heavy atom. The van der Waals surface area contributed by atoms with Crippen molar-refractivity contribution in [2.75, 3.05) is 6.61 Å². The molecule has 0 amide bonds. The number of carboxylic acids is 1. The zero-order valence-corrected chi connectivity index (χ0v) is 11.8. The Kier molecular flexibility index (Phi) is 5.76. The molecule has 7 heteroatoms. The van der Waals surface area contributed by atoms with Gasteiger partial charge in [-0.2, -0.15) is 0 Å². The van der Waals surface area contributed by atoms with E-state index in [2.05, 4.69) is 11.6 Å². The number of aliphatic imine (C=N–C) groups is 1. The van der Waals surface area contributed by atoms with Crippen molar-refractivity contribution in [3.8, 4) is 0 Å². The number of carbonyl (C=O) groups is 1. The fourth-order valence-electron chi connectivity index (χ4n) is 1.49. The fraction of sp³-hybridized carbons (Fsp3) is 0.0769. The summed E-state index contributed by atoms with van der Waals surface area (Å²) in [4.78, 5) is 14.9. The van der Waals surface area contributed by atoms with Crippen molar-refractivity contribution < 1.29 is 15.0 Å². The summed E-state index contributed by atoms with van der Waals surface area (Å²) in [5.41, 5.74) is 5.65. The van der Waals surface area contributed by atoms with Gasteiger partial charge in [-0.15, -0.1) is 0 Å². The van der Waals surface area contributed by atoms with Gasteiger partial charge < -0.3 is 15.9 Å². The molecule has 0 saturated carbocycles. The molecule has 106 valence electrons. The van der Waals surface area contributed by atoms with Gasteiger partial charge in [-0.05, 0) is 12.1 Å². The zero-order valence-electron chi connectivity index (χ0n) is 10.3. The van der Waals surface area contributed by atoms with E-state index in [9.17, 15) is 9.90 Å². The summed E-state index contributed by atoms with van der Waals surface area (Å²) in [6, 6.07) is 4.61. The van der Waals surface area contributed by atoms with Crippen molar-refractivity contribution in [1.29, 1.82) is 0 Å². The Morgan fingerprint density at radius 1 is 1.40 bits per heavy atom. The lowest BCUT2D eigenvalue weighted by molar-refractivity contribution is -0.132. The second kappa shape index (κ2) is 7.09. The maximum atomic E-state index is 11.0. The predicted octanol–water partition coefficient (Wildman–Crippen LogP) is 2.32. The average molecular weight is 315 g/mol. The molecular weight excluding hydrogens is 303 g/mol. The van der Waals surface area contributed by atoms with E-state index in [0.29, 0.717) is 10.6 Å². The lowest BCUT2D eigenvalue weighted by atomic mass is 10.0. The number of rotatable bonds is 5. The minimum atomic E-state index is -1.26. The number of halogens is 2. The third-order valence-electron chi connectivity index (χ3n) is 2.46. The molecule has 0 heterocycles. The Balaban J connectivity index is 3.52. The normalized spacial score (nSPS) is 12.3. The summed E-state index contributed by atoms with van der Waals surface area (Å²) < 4.78 is 0. The molecule has 0 fully saturated rings. The quantitative estimate of drug-likeness (QED) is 0.336. The first kappa shape index (κ1) is 16.2. The summed E-state index contributed by atoms with van der Waals surface area (Å²) in [5, 5.41) is 19.0. The van der Waals surface area contributed by atoms with Crippen LogP contribution in [0, 0.1) is 0 Å². The lowest BCUT2D eigenvalue weighted by Gasteiger charge is -2.11. The summed E-state index contributed by atoms with van der Waals surface area (Å²) in [6.45, 7) is 2.85. The molecule has 0 aromatic heterocycles. The summed E-state index contributed by atoms with van der Waals surface area (Å²) in [7, 11) is 0. The highest BCUT2D eigenvalue weighted by atomic mass is 35.5. The van der Waals surface area contributed by atoms with E-state index in [4.69, 9.17) is 34.0 Å². The number of carboxylic acid groups (broad SMARTS) is 1. The van der Waals surface area contributed by atoms with E-state index in [1.807, 2.05) is 0 Å². The third-order valence-corrected chi connectivity index (χ3v) is 3.20. The van der Waals surface area contributed by atoms with Crippen LogP contribution in [0.1, 0.15) is 5.56 Å². The lowest BCUT2D eigenvalue weighted by Crippen LogP contribution is -2.08. The molecule has 0 radical (unpaired) electrons. The Labute approximate surface area is 125 Å². The van der Waals surface area contributed by atoms with Crippen LogP contribution < -0.4 is 5.73 Å². The van der Waals surface area contributed by atoms with Crippen LogP contribution >= 0.6 is 23.2 Å². The SMILES string of the molecule is C=C(C(=O)O)/C(CO)=C(\N=C/N)c1ccc(Cl)c(Cl)c1. The van der Waals surface area contributed by atoms with Gasteiger partial charge in [0.05, 0.1) is 34.3 Å². The van der Waals surface area contributed by atoms with Gasteiger partial charge in [0.1, 0.15) is 0 Å². The molecule has 1 rings (SSSR count). The van der Waals surface area contributed by atoms with E-state index >= 15 is 0 Å². The Bertz CT molecular complexity index is 610. The largest absolute Gasteiger partial charge is 0.478 e. The molecule has 0 saturated heterocycles. The number of hydrogen-bond acceptors (Lipinski definition) is 3. The minimum Gasteiger partial charge on any atom is -0.478 e. The van der Waals surface area contributed by atoms with Crippen molar-refractivity contribution in [3.63, 3.8) is 0 Å². The number of nitrogens with two attached hydrogens (primary N) is 1. The first-order valence-electron chi connectivity index (χ1n) is 5.38. The highest BCUT2D eigenvalue weighted by molar-refractivity contribution is 6.42. The van der Waals surface area contributed by atoms with Crippen LogP contribution in [0.4, 0.5) is 0 Å². The maximum Gasteiger partial charge on any atom is 0.335 e. The topological polar surface area (TPSA) is 95.9 Å². The van der Waals surface area contributed by atoms with Gasteiger partial charge >= 0.3 is 5.97 Å².